The first-order valence-electron chi connectivity index (χ1n) is 12.1. The number of ether oxygens (including phenoxy) is 1. The van der Waals surface area contributed by atoms with Gasteiger partial charge in [-0.1, -0.05) is 49.7 Å². The lowest BCUT2D eigenvalue weighted by atomic mass is 10.0. The van der Waals surface area contributed by atoms with E-state index in [9.17, 15) is 8.42 Å². The summed E-state index contributed by atoms with van der Waals surface area (Å²) >= 11 is 0. The standard InChI is InChI=1S/C28H33N3O3S/c1-21(19-34-24-13-7-4-8-14-24)26-27-28(22(2)23(3)30-26)31(20-29-27)17-11-6-12-18-35(32,33)25-15-9-5-10-16-25/h4-5,7-10,13-16,20-21H,6,11-12,17-19H2,1-3H3. The molecule has 0 saturated heterocycles. The highest BCUT2D eigenvalue weighted by molar-refractivity contribution is 7.91. The Morgan fingerprint density at radius 3 is 2.34 bits per heavy atom. The Bertz CT molecular complexity index is 1370. The number of aromatic nitrogens is 3. The van der Waals surface area contributed by atoms with Crippen LogP contribution in [0, 0.1) is 13.8 Å². The Balaban J connectivity index is 1.40. The summed E-state index contributed by atoms with van der Waals surface area (Å²) in [5.74, 6) is 1.11. The monoisotopic (exact) mass is 491 g/mol. The van der Waals surface area contributed by atoms with Gasteiger partial charge in [-0.05, 0) is 56.5 Å². The van der Waals surface area contributed by atoms with Crippen LogP contribution in [0.25, 0.3) is 11.0 Å². The number of hydrogen-bond acceptors (Lipinski definition) is 5. The molecule has 2 aromatic carbocycles. The van der Waals surface area contributed by atoms with E-state index >= 15 is 0 Å². The van der Waals surface area contributed by atoms with Gasteiger partial charge in [-0.25, -0.2) is 13.4 Å². The summed E-state index contributed by atoms with van der Waals surface area (Å²) in [6.45, 7) is 7.56. The Kier molecular flexibility index (Phi) is 7.86. The molecule has 2 heterocycles. The molecule has 7 heteroatoms. The van der Waals surface area contributed by atoms with Crippen LogP contribution in [0.1, 0.15) is 49.1 Å². The molecule has 0 N–H and O–H groups in total. The second-order valence-electron chi connectivity index (χ2n) is 9.06. The van der Waals surface area contributed by atoms with Crippen molar-refractivity contribution < 1.29 is 13.2 Å². The van der Waals surface area contributed by atoms with Gasteiger partial charge in [0.15, 0.2) is 9.84 Å². The number of benzene rings is 2. The largest absolute Gasteiger partial charge is 0.493 e. The van der Waals surface area contributed by atoms with E-state index in [2.05, 4.69) is 18.4 Å². The summed E-state index contributed by atoms with van der Waals surface area (Å²) in [4.78, 5) is 9.99. The number of hydrogen-bond donors (Lipinski definition) is 0. The number of fused-ring (bicyclic) bond motifs is 1. The van der Waals surface area contributed by atoms with Crippen LogP contribution in [-0.2, 0) is 16.4 Å². The molecule has 0 aliphatic rings. The van der Waals surface area contributed by atoms with E-state index in [0.717, 1.165) is 53.1 Å². The third kappa shape index (κ3) is 5.90. The molecule has 0 aliphatic carbocycles. The topological polar surface area (TPSA) is 74.1 Å². The lowest BCUT2D eigenvalue weighted by Gasteiger charge is -2.16. The molecule has 0 bridgehead atoms. The van der Waals surface area contributed by atoms with E-state index < -0.39 is 9.84 Å². The number of aryl methyl sites for hydroxylation is 3. The molecule has 1 atom stereocenters. The van der Waals surface area contributed by atoms with Crippen molar-refractivity contribution in [1.29, 1.82) is 0 Å². The molecule has 0 amide bonds. The first-order valence-corrected chi connectivity index (χ1v) is 13.8. The molecule has 4 aromatic rings. The number of pyridine rings is 1. The normalized spacial score (nSPS) is 12.7. The second kappa shape index (κ2) is 11.0. The predicted molar refractivity (Wildman–Crippen MR) is 140 cm³/mol. The molecule has 0 radical (unpaired) electrons. The molecular formula is C28H33N3O3S. The second-order valence-corrected chi connectivity index (χ2v) is 11.2. The number of imidazole rings is 1. The van der Waals surface area contributed by atoms with Crippen LogP contribution in [0.15, 0.2) is 71.9 Å². The SMILES string of the molecule is Cc1nc(C(C)COc2ccccc2)c2ncn(CCCCCS(=O)(=O)c3ccccc3)c2c1C. The summed E-state index contributed by atoms with van der Waals surface area (Å²) in [6, 6.07) is 18.5. The number of unbranched alkanes of at least 4 members (excludes halogenated alkanes) is 2. The van der Waals surface area contributed by atoms with Crippen LogP contribution in [0.2, 0.25) is 0 Å². The lowest BCUT2D eigenvalue weighted by molar-refractivity contribution is 0.294. The van der Waals surface area contributed by atoms with Gasteiger partial charge in [0.25, 0.3) is 0 Å². The summed E-state index contributed by atoms with van der Waals surface area (Å²) in [5.41, 5.74) is 5.10. The third-order valence-electron chi connectivity index (χ3n) is 6.39. The molecular weight excluding hydrogens is 458 g/mol. The van der Waals surface area contributed by atoms with Gasteiger partial charge in [-0.15, -0.1) is 0 Å². The molecule has 0 spiro atoms. The van der Waals surface area contributed by atoms with E-state index in [4.69, 9.17) is 14.7 Å². The van der Waals surface area contributed by atoms with E-state index in [1.807, 2.05) is 49.6 Å². The predicted octanol–water partition coefficient (Wildman–Crippen LogP) is 5.87. The van der Waals surface area contributed by atoms with Gasteiger partial charge in [-0.2, -0.15) is 0 Å². The Morgan fingerprint density at radius 2 is 1.63 bits per heavy atom. The van der Waals surface area contributed by atoms with Crippen LogP contribution in [0.4, 0.5) is 0 Å². The van der Waals surface area contributed by atoms with Gasteiger partial charge >= 0.3 is 0 Å². The quantitative estimate of drug-likeness (QED) is 0.245. The Morgan fingerprint density at radius 1 is 0.943 bits per heavy atom. The zero-order valence-corrected chi connectivity index (χ0v) is 21.5. The molecule has 184 valence electrons. The molecule has 0 aliphatic heterocycles. The third-order valence-corrected chi connectivity index (χ3v) is 8.21. The molecule has 0 fully saturated rings. The average Bonchev–Trinajstić information content (AvgIpc) is 3.30. The van der Waals surface area contributed by atoms with Crippen molar-refractivity contribution in [3.05, 3.63) is 83.9 Å². The zero-order chi connectivity index (χ0) is 24.8. The molecule has 35 heavy (non-hydrogen) atoms. The van der Waals surface area contributed by atoms with Crippen molar-refractivity contribution in [2.45, 2.75) is 57.4 Å². The van der Waals surface area contributed by atoms with Gasteiger partial charge in [0, 0.05) is 18.2 Å². The van der Waals surface area contributed by atoms with E-state index in [1.54, 1.807) is 24.3 Å². The number of sulfone groups is 1. The van der Waals surface area contributed by atoms with Gasteiger partial charge in [0.2, 0.25) is 0 Å². The van der Waals surface area contributed by atoms with Crippen molar-refractivity contribution in [3.63, 3.8) is 0 Å². The van der Waals surface area contributed by atoms with Gasteiger partial charge < -0.3 is 9.30 Å². The highest BCUT2D eigenvalue weighted by Crippen LogP contribution is 2.28. The van der Waals surface area contributed by atoms with Crippen molar-refractivity contribution in [2.24, 2.45) is 0 Å². The molecule has 2 aromatic heterocycles. The fraction of sp³-hybridized carbons (Fsp3) is 0.357. The zero-order valence-electron chi connectivity index (χ0n) is 20.6. The Hall–Kier alpha value is -3.19. The first-order chi connectivity index (χ1) is 16.9. The highest BCUT2D eigenvalue weighted by atomic mass is 32.2. The van der Waals surface area contributed by atoms with Crippen molar-refractivity contribution in [2.75, 3.05) is 12.4 Å². The highest BCUT2D eigenvalue weighted by Gasteiger charge is 2.19. The van der Waals surface area contributed by atoms with Crippen LogP contribution >= 0.6 is 0 Å². The van der Waals surface area contributed by atoms with Gasteiger partial charge in [0.1, 0.15) is 11.3 Å². The summed E-state index contributed by atoms with van der Waals surface area (Å²) in [5, 5.41) is 0. The summed E-state index contributed by atoms with van der Waals surface area (Å²) < 4.78 is 33.1. The lowest BCUT2D eigenvalue weighted by Crippen LogP contribution is -2.11. The fourth-order valence-corrected chi connectivity index (χ4v) is 5.67. The van der Waals surface area contributed by atoms with Gasteiger partial charge in [-0.3, -0.25) is 4.98 Å². The maximum atomic E-state index is 12.5. The first kappa shape index (κ1) is 24.9. The molecule has 0 saturated carbocycles. The minimum absolute atomic E-state index is 0.0866. The average molecular weight is 492 g/mol. The molecule has 4 rings (SSSR count). The Labute approximate surface area is 207 Å². The number of nitrogens with zero attached hydrogens (tertiary/aromatic N) is 3. The van der Waals surface area contributed by atoms with E-state index in [-0.39, 0.29) is 11.7 Å². The van der Waals surface area contributed by atoms with Gasteiger partial charge in [0.05, 0.1) is 34.8 Å². The maximum absolute atomic E-state index is 12.5. The smallest absolute Gasteiger partial charge is 0.178 e. The number of para-hydroxylation sites is 1. The minimum atomic E-state index is -3.22. The van der Waals surface area contributed by atoms with Crippen LogP contribution in [-0.4, -0.2) is 35.3 Å². The van der Waals surface area contributed by atoms with E-state index in [0.29, 0.717) is 17.9 Å². The molecule has 6 nitrogen and oxygen atoms in total. The van der Waals surface area contributed by atoms with Crippen molar-refractivity contribution in [1.82, 2.24) is 14.5 Å². The van der Waals surface area contributed by atoms with Crippen LogP contribution in [0.5, 0.6) is 5.75 Å². The summed E-state index contributed by atoms with van der Waals surface area (Å²) in [6.07, 6.45) is 4.25. The summed E-state index contributed by atoms with van der Waals surface area (Å²) in [7, 11) is -3.22. The van der Waals surface area contributed by atoms with Crippen molar-refractivity contribution in [3.8, 4) is 5.75 Å². The van der Waals surface area contributed by atoms with Crippen LogP contribution in [0.3, 0.4) is 0 Å². The minimum Gasteiger partial charge on any atom is -0.493 e. The molecule has 1 unspecified atom stereocenters. The number of rotatable bonds is 11. The van der Waals surface area contributed by atoms with E-state index in [1.165, 1.54) is 0 Å². The fourth-order valence-electron chi connectivity index (χ4n) is 4.28. The van der Waals surface area contributed by atoms with Crippen LogP contribution < -0.4 is 4.74 Å². The van der Waals surface area contributed by atoms with Crippen molar-refractivity contribution >= 4 is 20.9 Å². The maximum Gasteiger partial charge on any atom is 0.178 e.